The van der Waals surface area contributed by atoms with Crippen LogP contribution in [-0.2, 0) is 0 Å². The van der Waals surface area contributed by atoms with Gasteiger partial charge in [-0.2, -0.15) is 0 Å². The van der Waals surface area contributed by atoms with Gasteiger partial charge in [-0.25, -0.2) is 4.98 Å². The van der Waals surface area contributed by atoms with Crippen LogP contribution >= 0.6 is 11.6 Å². The topological polar surface area (TPSA) is 64.1 Å². The molecule has 0 aliphatic heterocycles. The zero-order valence-corrected chi connectivity index (χ0v) is 15.8. The van der Waals surface area contributed by atoms with Crippen molar-refractivity contribution in [3.8, 4) is 22.6 Å². The Morgan fingerprint density at radius 2 is 1.89 bits per heavy atom. The van der Waals surface area contributed by atoms with E-state index in [0.717, 1.165) is 46.4 Å². The minimum Gasteiger partial charge on any atom is -0.436 e. The summed E-state index contributed by atoms with van der Waals surface area (Å²) in [6.07, 6.45) is 1.03. The Hall–Kier alpha value is -2.98. The minimum absolute atomic E-state index is 0.555. The number of hydrogen-bond donors (Lipinski definition) is 2. The van der Waals surface area contributed by atoms with Gasteiger partial charge in [0.15, 0.2) is 5.58 Å². The Morgan fingerprint density at radius 1 is 1.04 bits per heavy atom. The fourth-order valence-corrected chi connectivity index (χ4v) is 3.23. The maximum Gasteiger partial charge on any atom is 0.229 e. The van der Waals surface area contributed by atoms with E-state index >= 15 is 0 Å². The lowest BCUT2D eigenvalue weighted by molar-refractivity contribution is 0.620. The van der Waals surface area contributed by atoms with E-state index in [4.69, 9.17) is 26.7 Å². The first-order chi connectivity index (χ1) is 13.1. The number of aromatic nitrogens is 1. The van der Waals surface area contributed by atoms with E-state index in [-0.39, 0.29) is 0 Å². The third kappa shape index (κ3) is 3.62. The molecule has 4 aromatic rings. The summed E-state index contributed by atoms with van der Waals surface area (Å²) in [4.78, 5) is 4.71. The summed E-state index contributed by atoms with van der Waals surface area (Å²) in [6.45, 7) is 3.00. The first kappa shape index (κ1) is 17.4. The van der Waals surface area contributed by atoms with E-state index in [0.29, 0.717) is 16.6 Å². The number of fused-ring (bicyclic) bond motifs is 1. The Morgan fingerprint density at radius 3 is 2.70 bits per heavy atom. The molecule has 0 atom stereocenters. The average Bonchev–Trinajstić information content (AvgIpc) is 3.10. The van der Waals surface area contributed by atoms with E-state index in [2.05, 4.69) is 12.2 Å². The Kier molecular flexibility index (Phi) is 4.73. The van der Waals surface area contributed by atoms with Gasteiger partial charge in [0.1, 0.15) is 5.52 Å². The van der Waals surface area contributed by atoms with Crippen molar-refractivity contribution in [2.75, 3.05) is 17.6 Å². The molecule has 0 saturated heterocycles. The highest BCUT2D eigenvalue weighted by Gasteiger charge is 2.14. The van der Waals surface area contributed by atoms with Gasteiger partial charge in [0.2, 0.25) is 5.89 Å². The zero-order valence-electron chi connectivity index (χ0n) is 15.0. The van der Waals surface area contributed by atoms with E-state index < -0.39 is 0 Å². The zero-order chi connectivity index (χ0) is 18.8. The van der Waals surface area contributed by atoms with E-state index in [1.54, 1.807) is 0 Å². The second kappa shape index (κ2) is 7.33. The number of benzene rings is 3. The lowest BCUT2D eigenvalue weighted by Crippen LogP contribution is -2.02. The van der Waals surface area contributed by atoms with Gasteiger partial charge >= 0.3 is 0 Å². The van der Waals surface area contributed by atoms with Crippen molar-refractivity contribution in [2.45, 2.75) is 13.3 Å². The molecule has 0 aliphatic rings. The average molecular weight is 378 g/mol. The summed E-state index contributed by atoms with van der Waals surface area (Å²) in [5.41, 5.74) is 12.1. The monoisotopic (exact) mass is 377 g/mol. The number of rotatable bonds is 5. The van der Waals surface area contributed by atoms with Crippen LogP contribution in [-0.4, -0.2) is 11.5 Å². The van der Waals surface area contributed by atoms with Crippen LogP contribution in [0.1, 0.15) is 13.3 Å². The van der Waals surface area contributed by atoms with Crippen LogP contribution in [0.15, 0.2) is 65.1 Å². The van der Waals surface area contributed by atoms with Crippen LogP contribution in [0.4, 0.5) is 11.4 Å². The predicted molar refractivity (Wildman–Crippen MR) is 113 cm³/mol. The van der Waals surface area contributed by atoms with E-state index in [1.807, 2.05) is 60.7 Å². The molecule has 27 heavy (non-hydrogen) atoms. The van der Waals surface area contributed by atoms with Gasteiger partial charge in [-0.05, 0) is 60.0 Å². The minimum atomic E-state index is 0.555. The number of hydrogen-bond acceptors (Lipinski definition) is 4. The van der Waals surface area contributed by atoms with Crippen LogP contribution in [0.2, 0.25) is 5.02 Å². The predicted octanol–water partition coefficient (Wildman–Crippen LogP) is 6.22. The van der Waals surface area contributed by atoms with Gasteiger partial charge in [0.25, 0.3) is 0 Å². The molecule has 3 N–H and O–H groups in total. The highest BCUT2D eigenvalue weighted by molar-refractivity contribution is 6.30. The maximum atomic E-state index is 6.12. The summed E-state index contributed by atoms with van der Waals surface area (Å²) in [6, 6.07) is 19.5. The molecule has 0 amide bonds. The summed E-state index contributed by atoms with van der Waals surface area (Å²) in [5, 5.41) is 4.11. The fourth-order valence-electron chi connectivity index (χ4n) is 3.04. The lowest BCUT2D eigenvalue weighted by Gasteiger charge is -2.09. The van der Waals surface area contributed by atoms with Crippen LogP contribution in [0.25, 0.3) is 33.7 Å². The SMILES string of the molecule is CCCNc1ccc(N)cc1-c1nc2cc(-c3cccc(Cl)c3)ccc2o1. The molecule has 0 radical (unpaired) electrons. The number of nitrogen functional groups attached to an aromatic ring is 1. The van der Waals surface area contributed by atoms with E-state index in [9.17, 15) is 0 Å². The van der Waals surface area contributed by atoms with Crippen molar-refractivity contribution in [1.82, 2.24) is 4.98 Å². The van der Waals surface area contributed by atoms with E-state index in [1.165, 1.54) is 0 Å². The number of nitrogens with zero attached hydrogens (tertiary/aromatic N) is 1. The highest BCUT2D eigenvalue weighted by Crippen LogP contribution is 2.33. The van der Waals surface area contributed by atoms with Crippen LogP contribution in [0.3, 0.4) is 0 Å². The molecule has 3 aromatic carbocycles. The fraction of sp³-hybridized carbons (Fsp3) is 0.136. The molecule has 4 nitrogen and oxygen atoms in total. The molecule has 4 rings (SSSR count). The molecular formula is C22H20ClN3O. The maximum absolute atomic E-state index is 6.12. The molecule has 136 valence electrons. The first-order valence-electron chi connectivity index (χ1n) is 8.94. The molecule has 0 aliphatic carbocycles. The normalized spacial score (nSPS) is 11.0. The van der Waals surface area contributed by atoms with Gasteiger partial charge in [-0.1, -0.05) is 36.7 Å². The van der Waals surface area contributed by atoms with Gasteiger partial charge < -0.3 is 15.5 Å². The Labute approximate surface area is 163 Å². The summed E-state index contributed by atoms with van der Waals surface area (Å²) < 4.78 is 6.01. The second-order valence-electron chi connectivity index (χ2n) is 6.44. The molecule has 0 bridgehead atoms. The summed E-state index contributed by atoms with van der Waals surface area (Å²) in [5.74, 6) is 0.555. The third-order valence-electron chi connectivity index (χ3n) is 4.39. The molecule has 5 heteroatoms. The first-order valence-corrected chi connectivity index (χ1v) is 9.32. The molecule has 0 fully saturated rings. The number of halogens is 1. The van der Waals surface area contributed by atoms with Crippen molar-refractivity contribution >= 4 is 34.1 Å². The summed E-state index contributed by atoms with van der Waals surface area (Å²) in [7, 11) is 0. The van der Waals surface area contributed by atoms with Gasteiger partial charge in [0, 0.05) is 22.9 Å². The molecule has 1 aromatic heterocycles. The van der Waals surface area contributed by atoms with Crippen LogP contribution in [0.5, 0.6) is 0 Å². The highest BCUT2D eigenvalue weighted by atomic mass is 35.5. The van der Waals surface area contributed by atoms with Crippen LogP contribution < -0.4 is 11.1 Å². The molecule has 1 heterocycles. The number of nitrogens with two attached hydrogens (primary N) is 1. The van der Waals surface area contributed by atoms with Crippen molar-refractivity contribution in [2.24, 2.45) is 0 Å². The van der Waals surface area contributed by atoms with Crippen molar-refractivity contribution in [3.63, 3.8) is 0 Å². The molecule has 0 spiro atoms. The number of oxazole rings is 1. The molecular weight excluding hydrogens is 358 g/mol. The summed E-state index contributed by atoms with van der Waals surface area (Å²) >= 11 is 6.12. The molecule has 0 unspecified atom stereocenters. The van der Waals surface area contributed by atoms with Gasteiger partial charge in [0.05, 0.1) is 5.56 Å². The van der Waals surface area contributed by atoms with Crippen molar-refractivity contribution in [1.29, 1.82) is 0 Å². The number of anilines is 2. The quantitative estimate of drug-likeness (QED) is 0.405. The van der Waals surface area contributed by atoms with Crippen molar-refractivity contribution in [3.05, 3.63) is 65.7 Å². The van der Waals surface area contributed by atoms with Crippen LogP contribution in [0, 0.1) is 0 Å². The number of nitrogens with one attached hydrogen (secondary N) is 1. The Bertz CT molecular complexity index is 1100. The second-order valence-corrected chi connectivity index (χ2v) is 6.88. The third-order valence-corrected chi connectivity index (χ3v) is 4.62. The molecule has 0 saturated carbocycles. The smallest absolute Gasteiger partial charge is 0.229 e. The largest absolute Gasteiger partial charge is 0.436 e. The standard InChI is InChI=1S/C22H20ClN3O/c1-2-10-25-19-8-7-17(24)13-18(19)22-26-20-12-15(6-9-21(20)27-22)14-4-3-5-16(23)11-14/h3-9,11-13,25H,2,10,24H2,1H3. The van der Waals surface area contributed by atoms with Gasteiger partial charge in [-0.3, -0.25) is 0 Å². The lowest BCUT2D eigenvalue weighted by atomic mass is 10.1. The van der Waals surface area contributed by atoms with Gasteiger partial charge in [-0.15, -0.1) is 0 Å². The Balaban J connectivity index is 1.77. The van der Waals surface area contributed by atoms with Crippen molar-refractivity contribution < 1.29 is 4.42 Å².